The first-order valence-electron chi connectivity index (χ1n) is 18.2. The van der Waals surface area contributed by atoms with Crippen LogP contribution in [0.1, 0.15) is 61.6 Å². The Labute approximate surface area is 294 Å². The summed E-state index contributed by atoms with van der Waals surface area (Å²) in [6.45, 7) is 1.68. The van der Waals surface area contributed by atoms with Crippen molar-refractivity contribution in [3.05, 3.63) is 102 Å². The van der Waals surface area contributed by atoms with Crippen molar-refractivity contribution in [1.29, 1.82) is 0 Å². The van der Waals surface area contributed by atoms with Gasteiger partial charge in [-0.2, -0.15) is 0 Å². The van der Waals surface area contributed by atoms with Crippen LogP contribution in [-0.2, 0) is 38.6 Å². The van der Waals surface area contributed by atoms with E-state index in [4.69, 9.17) is 0 Å². The van der Waals surface area contributed by atoms with E-state index in [0.29, 0.717) is 52.0 Å². The molecule has 0 unspecified atom stereocenters. The maximum absolute atomic E-state index is 14.3. The van der Waals surface area contributed by atoms with Crippen LogP contribution in [0, 0.1) is 0 Å². The number of rotatable bonds is 9. The van der Waals surface area contributed by atoms with E-state index in [-0.39, 0.29) is 36.2 Å². The van der Waals surface area contributed by atoms with E-state index >= 15 is 0 Å². The average molecular weight is 677 g/mol. The van der Waals surface area contributed by atoms with E-state index in [1.807, 2.05) is 72.8 Å². The third-order valence-electron chi connectivity index (χ3n) is 11.1. The fourth-order valence-electron chi connectivity index (χ4n) is 8.30. The highest BCUT2D eigenvalue weighted by atomic mass is 16.2. The number of anilines is 1. The quantitative estimate of drug-likeness (QED) is 0.320. The molecule has 0 radical (unpaired) electrons. The van der Waals surface area contributed by atoms with Gasteiger partial charge in [-0.05, 0) is 60.9 Å². The van der Waals surface area contributed by atoms with Crippen molar-refractivity contribution in [3.8, 4) is 0 Å². The van der Waals surface area contributed by atoms with Gasteiger partial charge in [-0.1, -0.05) is 92.1 Å². The molecule has 3 N–H and O–H groups in total. The van der Waals surface area contributed by atoms with Crippen molar-refractivity contribution in [2.24, 2.45) is 0 Å². The summed E-state index contributed by atoms with van der Waals surface area (Å²) < 4.78 is 0. The molecule has 262 valence electrons. The van der Waals surface area contributed by atoms with Crippen molar-refractivity contribution in [2.45, 2.75) is 88.0 Å². The second kappa shape index (κ2) is 15.0. The van der Waals surface area contributed by atoms with Crippen LogP contribution < -0.4 is 20.9 Å². The summed E-state index contributed by atoms with van der Waals surface area (Å²) >= 11 is 0. The minimum Gasteiger partial charge on any atom is -0.352 e. The van der Waals surface area contributed by atoms with Gasteiger partial charge in [-0.3, -0.25) is 19.2 Å². The van der Waals surface area contributed by atoms with Crippen molar-refractivity contribution >= 4 is 29.3 Å². The topological polar surface area (TPSA) is 114 Å². The highest BCUT2D eigenvalue weighted by Crippen LogP contribution is 2.39. The molecule has 2 atom stereocenters. The molecule has 3 fully saturated rings. The predicted octanol–water partition coefficient (Wildman–Crippen LogP) is 3.54. The number of hydrogen-bond donors (Lipinski definition) is 3. The highest BCUT2D eigenvalue weighted by molar-refractivity contribution is 5.97. The number of nitrogens with one attached hydrogen (secondary N) is 3. The normalized spacial score (nSPS) is 21.1. The van der Waals surface area contributed by atoms with Crippen LogP contribution >= 0.6 is 0 Å². The molecule has 1 spiro atoms. The molecule has 7 rings (SSSR count). The van der Waals surface area contributed by atoms with E-state index in [0.717, 1.165) is 42.5 Å². The van der Waals surface area contributed by atoms with Crippen molar-refractivity contribution in [3.63, 3.8) is 0 Å². The van der Waals surface area contributed by atoms with Crippen molar-refractivity contribution in [1.82, 2.24) is 25.8 Å². The number of nitrogens with zero attached hydrogens (tertiary/aromatic N) is 3. The number of carbonyl (C=O) groups excluding carboxylic acids is 4. The minimum absolute atomic E-state index is 0.0217. The summed E-state index contributed by atoms with van der Waals surface area (Å²) in [7, 11) is 0. The number of likely N-dealkylation sites (tertiary alicyclic amines) is 1. The van der Waals surface area contributed by atoms with Crippen LogP contribution in [-0.4, -0.2) is 83.4 Å². The Morgan fingerprint density at radius 1 is 0.840 bits per heavy atom. The molecule has 3 aliphatic heterocycles. The van der Waals surface area contributed by atoms with Gasteiger partial charge in [0.25, 0.3) is 5.91 Å². The van der Waals surface area contributed by atoms with Gasteiger partial charge < -0.3 is 30.7 Å². The van der Waals surface area contributed by atoms with Crippen molar-refractivity contribution in [2.75, 3.05) is 31.2 Å². The summed E-state index contributed by atoms with van der Waals surface area (Å²) in [6, 6.07) is 26.7. The Morgan fingerprint density at radius 3 is 2.22 bits per heavy atom. The summed E-state index contributed by atoms with van der Waals surface area (Å²) in [4.78, 5) is 61.0. The molecular weight excluding hydrogens is 628 g/mol. The molecule has 0 aromatic heterocycles. The fraction of sp³-hybridized carbons (Fsp3) is 0.450. The Hall–Kier alpha value is -4.70. The summed E-state index contributed by atoms with van der Waals surface area (Å²) in [5.41, 5.74) is 3.35. The second-order valence-corrected chi connectivity index (χ2v) is 14.3. The molecule has 4 aliphatic rings. The first-order valence-corrected chi connectivity index (χ1v) is 18.2. The van der Waals surface area contributed by atoms with Gasteiger partial charge >= 0.3 is 0 Å². The van der Waals surface area contributed by atoms with Gasteiger partial charge in [0.05, 0.1) is 12.7 Å². The average Bonchev–Trinajstić information content (AvgIpc) is 3.41. The number of piperidine rings is 1. The molecule has 10 heteroatoms. The van der Waals surface area contributed by atoms with Gasteiger partial charge in [0, 0.05) is 37.8 Å². The number of amides is 4. The van der Waals surface area contributed by atoms with Gasteiger partial charge in [0.2, 0.25) is 17.7 Å². The van der Waals surface area contributed by atoms with Crippen LogP contribution in [0.15, 0.2) is 84.9 Å². The van der Waals surface area contributed by atoms with E-state index in [9.17, 15) is 19.2 Å². The molecule has 0 bridgehead atoms. The lowest BCUT2D eigenvalue weighted by atomic mass is 9.85. The van der Waals surface area contributed by atoms with Crippen LogP contribution in [0.25, 0.3) is 0 Å². The molecule has 50 heavy (non-hydrogen) atoms. The molecule has 2 saturated heterocycles. The van der Waals surface area contributed by atoms with Gasteiger partial charge in [-0.15, -0.1) is 0 Å². The first kappa shape index (κ1) is 33.8. The summed E-state index contributed by atoms with van der Waals surface area (Å²) in [6.07, 6.45) is 7.21. The minimum atomic E-state index is -0.860. The monoisotopic (exact) mass is 676 g/mol. The van der Waals surface area contributed by atoms with E-state index < -0.39 is 17.6 Å². The Bertz CT molecular complexity index is 1670. The van der Waals surface area contributed by atoms with Crippen LogP contribution in [0.2, 0.25) is 0 Å². The fourth-order valence-corrected chi connectivity index (χ4v) is 8.30. The zero-order valence-electron chi connectivity index (χ0n) is 28.7. The Kier molecular flexibility index (Phi) is 10.2. The van der Waals surface area contributed by atoms with Gasteiger partial charge in [0.1, 0.15) is 18.1 Å². The highest BCUT2D eigenvalue weighted by Gasteiger charge is 2.54. The molecule has 3 aromatic carbocycles. The number of fused-ring (bicyclic) bond motifs is 1. The number of para-hydroxylation sites is 1. The molecule has 1 aliphatic carbocycles. The largest absolute Gasteiger partial charge is 0.352 e. The Morgan fingerprint density at radius 2 is 1.50 bits per heavy atom. The molecule has 3 aromatic rings. The molecule has 10 nitrogen and oxygen atoms in total. The standard InChI is InChI=1S/C40H48N6O4/c47-36(42-32-16-6-2-7-17-32)27-45-28-46(33-18-8-3-9-19-33)40(39(45)50)20-22-44(23-21-40)38(49)35(24-29-12-4-1-5-13-29)43-37(48)34-25-30-14-10-11-15-31(30)26-41-34/h1,3-5,8-15,18-19,32,34-35,41H,2,6-7,16-17,20-28H2,(H,42,47)(H,43,48)/t34-,35-/m1/s1. The van der Waals surface area contributed by atoms with Crippen molar-refractivity contribution < 1.29 is 19.2 Å². The smallest absolute Gasteiger partial charge is 0.250 e. The lowest BCUT2D eigenvalue weighted by molar-refractivity contribution is -0.141. The lowest BCUT2D eigenvalue weighted by Crippen LogP contribution is -2.60. The number of benzene rings is 3. The lowest BCUT2D eigenvalue weighted by Gasteiger charge is -2.44. The number of hydrogen-bond acceptors (Lipinski definition) is 6. The Balaban J connectivity index is 1.05. The van der Waals surface area contributed by atoms with Crippen LogP contribution in [0.4, 0.5) is 5.69 Å². The van der Waals surface area contributed by atoms with Crippen LogP contribution in [0.5, 0.6) is 0 Å². The molecule has 1 saturated carbocycles. The second-order valence-electron chi connectivity index (χ2n) is 14.3. The van der Waals surface area contributed by atoms with Gasteiger partial charge in [-0.25, -0.2) is 0 Å². The zero-order valence-corrected chi connectivity index (χ0v) is 28.7. The molecular formula is C40H48N6O4. The SMILES string of the molecule is O=C(CN1CN(c2ccccc2)C2(CCN(C(=O)[C@@H](Cc3ccccc3)NC(=O)[C@H]3Cc4ccccc4CN3)CC2)C1=O)NC1CCCCC1. The molecule has 3 heterocycles. The summed E-state index contributed by atoms with van der Waals surface area (Å²) in [5.74, 6) is -0.511. The summed E-state index contributed by atoms with van der Waals surface area (Å²) in [5, 5.41) is 9.62. The molecule has 4 amide bonds. The maximum Gasteiger partial charge on any atom is 0.250 e. The predicted molar refractivity (Wildman–Crippen MR) is 192 cm³/mol. The van der Waals surface area contributed by atoms with E-state index in [1.54, 1.807) is 9.80 Å². The van der Waals surface area contributed by atoms with E-state index in [2.05, 4.69) is 33.0 Å². The maximum atomic E-state index is 14.3. The van der Waals surface area contributed by atoms with E-state index in [1.165, 1.54) is 12.0 Å². The van der Waals surface area contributed by atoms with Crippen LogP contribution in [0.3, 0.4) is 0 Å². The third-order valence-corrected chi connectivity index (χ3v) is 11.1. The zero-order chi connectivity index (χ0) is 34.5. The number of carbonyl (C=O) groups is 4. The first-order chi connectivity index (χ1) is 24.4. The van der Waals surface area contributed by atoms with Gasteiger partial charge in [0.15, 0.2) is 0 Å². The third kappa shape index (κ3) is 7.26.